The van der Waals surface area contributed by atoms with E-state index in [1.54, 1.807) is 25.1 Å². The minimum absolute atomic E-state index is 0.343. The number of ether oxygens (including phenoxy) is 1. The Labute approximate surface area is 105 Å². The molecule has 0 aliphatic heterocycles. The maximum absolute atomic E-state index is 13.1. The molecule has 0 saturated heterocycles. The first-order valence-corrected chi connectivity index (χ1v) is 5.64. The number of aryl methyl sites for hydroxylation is 1. The first kappa shape index (κ1) is 12.5. The highest BCUT2D eigenvalue weighted by molar-refractivity contribution is 5.36. The molecule has 0 radical (unpaired) electrons. The zero-order valence-corrected chi connectivity index (χ0v) is 10.2. The van der Waals surface area contributed by atoms with Crippen molar-refractivity contribution in [3.05, 3.63) is 53.6 Å². The SMILES string of the molecule is Cc1ccc(F)cc1Oc1ccc(C(C)O)nc1. The fourth-order valence-corrected chi connectivity index (χ4v) is 1.51. The lowest BCUT2D eigenvalue weighted by Gasteiger charge is -2.09. The van der Waals surface area contributed by atoms with Crippen LogP contribution in [0, 0.1) is 12.7 Å². The third-order valence-electron chi connectivity index (χ3n) is 2.57. The molecule has 0 amide bonds. The number of aliphatic hydroxyl groups is 1. The highest BCUT2D eigenvalue weighted by atomic mass is 19.1. The Morgan fingerprint density at radius 1 is 1.28 bits per heavy atom. The van der Waals surface area contributed by atoms with Crippen LogP contribution in [0.1, 0.15) is 24.3 Å². The summed E-state index contributed by atoms with van der Waals surface area (Å²) in [4.78, 5) is 4.06. The van der Waals surface area contributed by atoms with Crippen LogP contribution in [0.5, 0.6) is 11.5 Å². The van der Waals surface area contributed by atoms with E-state index < -0.39 is 6.10 Å². The molecule has 1 unspecified atom stereocenters. The third kappa shape index (κ3) is 2.84. The Kier molecular flexibility index (Phi) is 3.58. The number of halogens is 1. The fourth-order valence-electron chi connectivity index (χ4n) is 1.51. The van der Waals surface area contributed by atoms with Crippen molar-refractivity contribution < 1.29 is 14.2 Å². The van der Waals surface area contributed by atoms with Crippen LogP contribution in [0.25, 0.3) is 0 Å². The van der Waals surface area contributed by atoms with Gasteiger partial charge in [0.1, 0.15) is 17.3 Å². The van der Waals surface area contributed by atoms with Crippen molar-refractivity contribution >= 4 is 0 Å². The quantitative estimate of drug-likeness (QED) is 0.904. The van der Waals surface area contributed by atoms with Crippen LogP contribution in [-0.4, -0.2) is 10.1 Å². The molecule has 1 N–H and O–H groups in total. The fraction of sp³-hybridized carbons (Fsp3) is 0.214. The van der Waals surface area contributed by atoms with Crippen molar-refractivity contribution in [2.24, 2.45) is 0 Å². The normalized spacial score (nSPS) is 12.2. The minimum Gasteiger partial charge on any atom is -0.455 e. The van der Waals surface area contributed by atoms with Gasteiger partial charge in [-0.3, -0.25) is 4.98 Å². The van der Waals surface area contributed by atoms with Gasteiger partial charge in [0.25, 0.3) is 0 Å². The van der Waals surface area contributed by atoms with E-state index in [1.807, 2.05) is 6.92 Å². The maximum Gasteiger partial charge on any atom is 0.145 e. The Bertz CT molecular complexity index is 538. The van der Waals surface area contributed by atoms with Gasteiger partial charge in [-0.2, -0.15) is 0 Å². The number of aromatic nitrogens is 1. The van der Waals surface area contributed by atoms with E-state index in [0.29, 0.717) is 17.2 Å². The van der Waals surface area contributed by atoms with Crippen molar-refractivity contribution in [2.45, 2.75) is 20.0 Å². The number of hydrogen-bond donors (Lipinski definition) is 1. The van der Waals surface area contributed by atoms with Crippen molar-refractivity contribution in [3.63, 3.8) is 0 Å². The average molecular weight is 247 g/mol. The molecule has 94 valence electrons. The molecule has 0 aliphatic carbocycles. The van der Waals surface area contributed by atoms with E-state index in [9.17, 15) is 9.50 Å². The number of nitrogens with zero attached hydrogens (tertiary/aromatic N) is 1. The summed E-state index contributed by atoms with van der Waals surface area (Å²) in [5, 5.41) is 9.33. The molecule has 18 heavy (non-hydrogen) atoms. The van der Waals surface area contributed by atoms with Crippen molar-refractivity contribution in [1.29, 1.82) is 0 Å². The molecule has 1 aromatic carbocycles. The average Bonchev–Trinajstić information content (AvgIpc) is 2.34. The van der Waals surface area contributed by atoms with E-state index in [4.69, 9.17) is 4.74 Å². The molecular formula is C14H14FNO2. The standard InChI is InChI=1S/C14H14FNO2/c1-9-3-4-11(15)7-14(9)18-12-5-6-13(10(2)17)16-8-12/h3-8,10,17H,1-2H3. The van der Waals surface area contributed by atoms with Crippen LogP contribution in [0.2, 0.25) is 0 Å². The first-order valence-electron chi connectivity index (χ1n) is 5.64. The van der Waals surface area contributed by atoms with Gasteiger partial charge in [0.2, 0.25) is 0 Å². The van der Waals surface area contributed by atoms with Crippen LogP contribution in [0.3, 0.4) is 0 Å². The molecule has 2 rings (SSSR count). The lowest BCUT2D eigenvalue weighted by Crippen LogP contribution is -1.95. The first-order chi connectivity index (χ1) is 8.56. The predicted molar refractivity (Wildman–Crippen MR) is 66.1 cm³/mol. The largest absolute Gasteiger partial charge is 0.455 e. The second kappa shape index (κ2) is 5.14. The van der Waals surface area contributed by atoms with Gasteiger partial charge in [0, 0.05) is 6.07 Å². The molecule has 1 atom stereocenters. The van der Waals surface area contributed by atoms with Crippen LogP contribution in [0.4, 0.5) is 4.39 Å². The molecule has 3 nitrogen and oxygen atoms in total. The van der Waals surface area contributed by atoms with E-state index >= 15 is 0 Å². The van der Waals surface area contributed by atoms with E-state index in [2.05, 4.69) is 4.98 Å². The summed E-state index contributed by atoms with van der Waals surface area (Å²) < 4.78 is 18.6. The summed E-state index contributed by atoms with van der Waals surface area (Å²) >= 11 is 0. The second-order valence-corrected chi connectivity index (χ2v) is 4.11. The number of hydrogen-bond acceptors (Lipinski definition) is 3. The van der Waals surface area contributed by atoms with Gasteiger partial charge in [0.05, 0.1) is 18.0 Å². The Hall–Kier alpha value is -1.94. The van der Waals surface area contributed by atoms with Gasteiger partial charge in [-0.1, -0.05) is 6.07 Å². The number of pyridine rings is 1. The Balaban J connectivity index is 2.21. The van der Waals surface area contributed by atoms with Crippen LogP contribution < -0.4 is 4.74 Å². The molecule has 0 aliphatic rings. The highest BCUT2D eigenvalue weighted by Crippen LogP contribution is 2.25. The van der Waals surface area contributed by atoms with E-state index in [0.717, 1.165) is 5.56 Å². The van der Waals surface area contributed by atoms with Gasteiger partial charge >= 0.3 is 0 Å². The molecule has 0 spiro atoms. The number of aliphatic hydroxyl groups excluding tert-OH is 1. The smallest absolute Gasteiger partial charge is 0.145 e. The summed E-state index contributed by atoms with van der Waals surface area (Å²) in [6.07, 6.45) is 0.891. The van der Waals surface area contributed by atoms with Gasteiger partial charge in [-0.15, -0.1) is 0 Å². The van der Waals surface area contributed by atoms with Crippen molar-refractivity contribution in [2.75, 3.05) is 0 Å². The summed E-state index contributed by atoms with van der Waals surface area (Å²) in [6, 6.07) is 7.74. The minimum atomic E-state index is -0.616. The molecule has 1 aromatic heterocycles. The third-order valence-corrected chi connectivity index (χ3v) is 2.57. The number of rotatable bonds is 3. The second-order valence-electron chi connectivity index (χ2n) is 4.11. The van der Waals surface area contributed by atoms with Gasteiger partial charge in [0.15, 0.2) is 0 Å². The summed E-state index contributed by atoms with van der Waals surface area (Å²) in [6.45, 7) is 3.48. The lowest BCUT2D eigenvalue weighted by molar-refractivity contribution is 0.194. The van der Waals surface area contributed by atoms with Gasteiger partial charge in [-0.05, 0) is 37.6 Å². The number of benzene rings is 1. The van der Waals surface area contributed by atoms with E-state index in [-0.39, 0.29) is 5.82 Å². The molecule has 0 fully saturated rings. The topological polar surface area (TPSA) is 42.4 Å². The van der Waals surface area contributed by atoms with Crippen molar-refractivity contribution in [1.82, 2.24) is 4.98 Å². The summed E-state index contributed by atoms with van der Waals surface area (Å²) in [7, 11) is 0. The highest BCUT2D eigenvalue weighted by Gasteiger charge is 2.05. The van der Waals surface area contributed by atoms with Crippen molar-refractivity contribution in [3.8, 4) is 11.5 Å². The van der Waals surface area contributed by atoms with Crippen LogP contribution in [0.15, 0.2) is 36.5 Å². The lowest BCUT2D eigenvalue weighted by atomic mass is 10.2. The van der Waals surface area contributed by atoms with Crippen LogP contribution >= 0.6 is 0 Å². The molecule has 0 bridgehead atoms. The summed E-state index contributed by atoms with van der Waals surface area (Å²) in [5.74, 6) is 0.624. The summed E-state index contributed by atoms with van der Waals surface area (Å²) in [5.41, 5.74) is 1.41. The zero-order valence-electron chi connectivity index (χ0n) is 10.2. The maximum atomic E-state index is 13.1. The van der Waals surface area contributed by atoms with Crippen LogP contribution in [-0.2, 0) is 0 Å². The molecule has 1 heterocycles. The monoisotopic (exact) mass is 247 g/mol. The Morgan fingerprint density at radius 2 is 2.06 bits per heavy atom. The van der Waals surface area contributed by atoms with Gasteiger partial charge in [-0.25, -0.2) is 4.39 Å². The van der Waals surface area contributed by atoms with Gasteiger partial charge < -0.3 is 9.84 Å². The Morgan fingerprint density at radius 3 is 2.67 bits per heavy atom. The zero-order chi connectivity index (χ0) is 13.1. The predicted octanol–water partition coefficient (Wildman–Crippen LogP) is 3.37. The molecule has 2 aromatic rings. The van der Waals surface area contributed by atoms with E-state index in [1.165, 1.54) is 18.3 Å². The molecule has 4 heteroatoms. The molecular weight excluding hydrogens is 233 g/mol. The molecule has 0 saturated carbocycles.